The summed E-state index contributed by atoms with van der Waals surface area (Å²) in [4.78, 5) is 25.8. The van der Waals surface area contributed by atoms with Crippen molar-refractivity contribution in [2.24, 2.45) is 0 Å². The van der Waals surface area contributed by atoms with Gasteiger partial charge < -0.3 is 15.2 Å². The summed E-state index contributed by atoms with van der Waals surface area (Å²) in [5.74, 6) is -1.37. The van der Waals surface area contributed by atoms with Crippen molar-refractivity contribution in [3.05, 3.63) is 67.9 Å². The Morgan fingerprint density at radius 1 is 1.33 bits per heavy atom. The second-order valence-corrected chi connectivity index (χ2v) is 7.75. The predicted octanol–water partition coefficient (Wildman–Crippen LogP) is 4.60. The van der Waals surface area contributed by atoms with Gasteiger partial charge in [-0.3, -0.25) is 9.36 Å². The molecule has 0 radical (unpaired) electrons. The summed E-state index contributed by atoms with van der Waals surface area (Å²) in [5.41, 5.74) is 0.355. The summed E-state index contributed by atoms with van der Waals surface area (Å²) in [7, 11) is 0. The number of alkyl halides is 2. The first-order chi connectivity index (χ1) is 14.3. The van der Waals surface area contributed by atoms with E-state index in [2.05, 4.69) is 21.2 Å². The number of benzene rings is 2. The number of hydrogen-bond acceptors (Lipinski definition) is 5. The Bertz CT molecular complexity index is 1210. The van der Waals surface area contributed by atoms with Crippen LogP contribution in [-0.2, 0) is 4.74 Å². The van der Waals surface area contributed by atoms with E-state index in [9.17, 15) is 23.5 Å². The maximum atomic E-state index is 13.3. The summed E-state index contributed by atoms with van der Waals surface area (Å²) in [5, 5.41) is 14.2. The molecule has 6 nitrogen and oxygen atoms in total. The Hall–Kier alpha value is -2.94. The zero-order valence-corrected chi connectivity index (χ0v) is 17.4. The van der Waals surface area contributed by atoms with Gasteiger partial charge >= 0.3 is 5.97 Å². The van der Waals surface area contributed by atoms with Gasteiger partial charge in [0.1, 0.15) is 5.75 Å². The summed E-state index contributed by atoms with van der Waals surface area (Å²) >= 11 is 3.37. The lowest BCUT2D eigenvalue weighted by Gasteiger charge is -2.30. The van der Waals surface area contributed by atoms with E-state index in [1.54, 1.807) is 19.1 Å². The number of rotatable bonds is 4. The predicted molar refractivity (Wildman–Crippen MR) is 112 cm³/mol. The van der Waals surface area contributed by atoms with E-state index in [1.807, 2.05) is 0 Å². The summed E-state index contributed by atoms with van der Waals surface area (Å²) < 4.78 is 32.9. The van der Waals surface area contributed by atoms with Crippen molar-refractivity contribution < 1.29 is 23.4 Å². The van der Waals surface area contributed by atoms with Crippen LogP contribution in [0.2, 0.25) is 0 Å². The summed E-state index contributed by atoms with van der Waals surface area (Å²) in [6.07, 6.45) is -2.60. The molecule has 0 saturated carbocycles. The third kappa shape index (κ3) is 3.23. The lowest BCUT2D eigenvalue weighted by atomic mass is 9.99. The summed E-state index contributed by atoms with van der Waals surface area (Å²) in [6, 6.07) is 8.49. The van der Waals surface area contributed by atoms with Crippen LogP contribution in [0.4, 0.5) is 14.5 Å². The zero-order chi connectivity index (χ0) is 21.6. The fourth-order valence-electron chi connectivity index (χ4n) is 3.75. The van der Waals surface area contributed by atoms with Crippen LogP contribution in [0.5, 0.6) is 5.75 Å². The van der Waals surface area contributed by atoms with Gasteiger partial charge in [-0.05, 0) is 24.6 Å². The van der Waals surface area contributed by atoms with Gasteiger partial charge in [-0.25, -0.2) is 13.6 Å². The minimum atomic E-state index is -2.60. The largest absolute Gasteiger partial charge is 0.506 e. The molecule has 156 valence electrons. The molecular formula is C21H17BrF2N2O4. The molecule has 9 heteroatoms. The lowest BCUT2D eigenvalue weighted by Crippen LogP contribution is -2.37. The zero-order valence-electron chi connectivity index (χ0n) is 15.8. The number of esters is 1. The molecule has 0 amide bonds. The van der Waals surface area contributed by atoms with E-state index in [0.29, 0.717) is 33.2 Å². The number of nitrogens with one attached hydrogen (secondary N) is 1. The van der Waals surface area contributed by atoms with Gasteiger partial charge in [0.2, 0.25) is 0 Å². The molecule has 1 aromatic heterocycles. The Kier molecular flexibility index (Phi) is 5.23. The average Bonchev–Trinajstić information content (AvgIpc) is 2.71. The first-order valence-corrected chi connectivity index (χ1v) is 10.0. The number of halogens is 3. The third-order valence-electron chi connectivity index (χ3n) is 5.09. The highest BCUT2D eigenvalue weighted by atomic mass is 79.9. The molecule has 1 aliphatic rings. The minimum absolute atomic E-state index is 0.0412. The number of nitrogens with zero attached hydrogens (tertiary/aromatic N) is 1. The lowest BCUT2D eigenvalue weighted by molar-refractivity contribution is 0.0520. The Morgan fingerprint density at radius 3 is 2.67 bits per heavy atom. The number of aromatic hydroxyl groups is 1. The van der Waals surface area contributed by atoms with Crippen LogP contribution in [0, 0.1) is 0 Å². The van der Waals surface area contributed by atoms with E-state index in [4.69, 9.17) is 4.74 Å². The fourth-order valence-corrected chi connectivity index (χ4v) is 4.20. The molecule has 0 saturated heterocycles. The van der Waals surface area contributed by atoms with Crippen molar-refractivity contribution in [1.82, 2.24) is 4.57 Å². The molecule has 1 unspecified atom stereocenters. The number of carbonyl (C=O) groups excluding carboxylic acids is 1. The van der Waals surface area contributed by atoms with E-state index < -0.39 is 35.3 Å². The van der Waals surface area contributed by atoms with E-state index >= 15 is 0 Å². The third-order valence-corrected chi connectivity index (χ3v) is 5.55. The van der Waals surface area contributed by atoms with Crippen molar-refractivity contribution in [2.75, 3.05) is 18.5 Å². The topological polar surface area (TPSA) is 80.6 Å². The first kappa shape index (κ1) is 20.3. The highest BCUT2D eigenvalue weighted by Gasteiger charge is 2.31. The SMILES string of the molecule is CCOC(=O)c1c(O)c2cc(Br)cc3c2n(c1=O)C(c1ccc(C(F)F)cc1)CN3. The van der Waals surface area contributed by atoms with Crippen LogP contribution in [-0.4, -0.2) is 28.8 Å². The molecular weight excluding hydrogens is 462 g/mol. The quantitative estimate of drug-likeness (QED) is 0.535. The molecule has 2 aromatic carbocycles. The van der Waals surface area contributed by atoms with Crippen LogP contribution < -0.4 is 10.9 Å². The summed E-state index contributed by atoms with van der Waals surface area (Å²) in [6.45, 7) is 1.93. The monoisotopic (exact) mass is 478 g/mol. The molecule has 30 heavy (non-hydrogen) atoms. The fraction of sp³-hybridized carbons (Fsp3) is 0.238. The molecule has 1 atom stereocenters. The number of carbonyl (C=O) groups is 1. The number of aromatic nitrogens is 1. The van der Waals surface area contributed by atoms with Crippen molar-refractivity contribution in [1.29, 1.82) is 0 Å². The van der Waals surface area contributed by atoms with E-state index in [0.717, 1.165) is 0 Å². The van der Waals surface area contributed by atoms with Gasteiger partial charge in [0, 0.05) is 22.0 Å². The van der Waals surface area contributed by atoms with Crippen LogP contribution in [0.15, 0.2) is 45.7 Å². The number of ether oxygens (including phenoxy) is 1. The molecule has 0 bridgehead atoms. The molecule has 3 aromatic rings. The Morgan fingerprint density at radius 2 is 2.03 bits per heavy atom. The van der Waals surface area contributed by atoms with Crippen LogP contribution in [0.3, 0.4) is 0 Å². The van der Waals surface area contributed by atoms with Gasteiger partial charge in [0.25, 0.3) is 12.0 Å². The molecule has 2 heterocycles. The smallest absolute Gasteiger partial charge is 0.347 e. The number of anilines is 1. The van der Waals surface area contributed by atoms with Crippen LogP contribution in [0.1, 0.15) is 40.9 Å². The van der Waals surface area contributed by atoms with Gasteiger partial charge in [-0.1, -0.05) is 40.2 Å². The molecule has 1 aliphatic heterocycles. The molecule has 0 aliphatic carbocycles. The first-order valence-electron chi connectivity index (χ1n) is 9.23. The van der Waals surface area contributed by atoms with Gasteiger partial charge in [0.15, 0.2) is 5.56 Å². The second kappa shape index (κ2) is 7.71. The average molecular weight is 479 g/mol. The highest BCUT2D eigenvalue weighted by Crippen LogP contribution is 2.39. The number of hydrogen-bond donors (Lipinski definition) is 2. The maximum absolute atomic E-state index is 13.3. The maximum Gasteiger partial charge on any atom is 0.347 e. The highest BCUT2D eigenvalue weighted by molar-refractivity contribution is 9.10. The number of pyridine rings is 1. The van der Waals surface area contributed by atoms with Gasteiger partial charge in [-0.15, -0.1) is 0 Å². The van der Waals surface area contributed by atoms with Crippen molar-refractivity contribution in [3.63, 3.8) is 0 Å². The van der Waals surface area contributed by atoms with Gasteiger partial charge in [0.05, 0.1) is 23.9 Å². The van der Waals surface area contributed by atoms with E-state index in [1.165, 1.54) is 28.8 Å². The second-order valence-electron chi connectivity index (χ2n) is 6.83. The molecule has 0 spiro atoms. The Labute approximate surface area is 178 Å². The Balaban J connectivity index is 2.01. The van der Waals surface area contributed by atoms with Crippen LogP contribution >= 0.6 is 15.9 Å². The van der Waals surface area contributed by atoms with Crippen molar-refractivity contribution >= 4 is 38.5 Å². The van der Waals surface area contributed by atoms with Crippen molar-refractivity contribution in [2.45, 2.75) is 19.4 Å². The standard InChI is InChI=1S/C21H17BrF2N2O4/c1-2-30-21(29)16-18(27)13-7-12(22)8-14-17(13)26(20(16)28)15(9-25-14)10-3-5-11(6-4-10)19(23)24/h3-8,15,19,25,27H,2,9H2,1H3. The molecule has 4 rings (SSSR count). The van der Waals surface area contributed by atoms with Crippen LogP contribution in [0.25, 0.3) is 10.9 Å². The van der Waals surface area contributed by atoms with E-state index in [-0.39, 0.29) is 12.2 Å². The van der Waals surface area contributed by atoms with Gasteiger partial charge in [-0.2, -0.15) is 0 Å². The minimum Gasteiger partial charge on any atom is -0.506 e. The molecule has 0 fully saturated rings. The normalized spacial score (nSPS) is 15.3. The molecule has 2 N–H and O–H groups in total. The van der Waals surface area contributed by atoms with Crippen molar-refractivity contribution in [3.8, 4) is 5.75 Å².